The molecule has 0 fully saturated rings. The maximum Gasteiger partial charge on any atom is 0.273 e. The van der Waals surface area contributed by atoms with Crippen molar-refractivity contribution in [1.82, 2.24) is 14.7 Å². The van der Waals surface area contributed by atoms with Gasteiger partial charge in [0.15, 0.2) is 5.69 Å². The van der Waals surface area contributed by atoms with Gasteiger partial charge < -0.3 is 10.6 Å². The molecule has 0 spiro atoms. The molecule has 20 heavy (non-hydrogen) atoms. The normalized spacial score (nSPS) is 10.6. The van der Waals surface area contributed by atoms with Crippen molar-refractivity contribution in [3.8, 4) is 5.69 Å². The minimum absolute atomic E-state index is 0.133. The molecule has 1 amide bonds. The fourth-order valence-corrected chi connectivity index (χ4v) is 2.22. The van der Waals surface area contributed by atoms with E-state index in [1.165, 1.54) is 4.90 Å². The standard InChI is InChI=1S/C14H17ClN4O/c1-18(2)14(20)12-7-9-19(17-12)13-5-3-4-11(15)10(13)6-8-16/h3-5,7,9H,6,8,16H2,1-2H3. The summed E-state index contributed by atoms with van der Waals surface area (Å²) in [6.45, 7) is 0.501. The summed E-state index contributed by atoms with van der Waals surface area (Å²) in [5, 5.41) is 4.97. The summed E-state index contributed by atoms with van der Waals surface area (Å²) in [4.78, 5) is 13.4. The number of carbonyl (C=O) groups is 1. The summed E-state index contributed by atoms with van der Waals surface area (Å²) in [6.07, 6.45) is 2.41. The van der Waals surface area contributed by atoms with Crippen molar-refractivity contribution in [2.45, 2.75) is 6.42 Å². The molecule has 0 radical (unpaired) electrons. The van der Waals surface area contributed by atoms with Crippen LogP contribution >= 0.6 is 11.6 Å². The van der Waals surface area contributed by atoms with E-state index in [9.17, 15) is 4.79 Å². The first kappa shape index (κ1) is 14.6. The molecule has 5 nitrogen and oxygen atoms in total. The third-order valence-corrected chi connectivity index (χ3v) is 3.30. The minimum atomic E-state index is -0.133. The van der Waals surface area contributed by atoms with Gasteiger partial charge in [0.2, 0.25) is 0 Å². The second-order valence-electron chi connectivity index (χ2n) is 4.62. The number of rotatable bonds is 4. The van der Waals surface area contributed by atoms with E-state index in [1.54, 1.807) is 31.0 Å². The summed E-state index contributed by atoms with van der Waals surface area (Å²) < 4.78 is 1.66. The molecule has 0 saturated carbocycles. The van der Waals surface area contributed by atoms with Gasteiger partial charge in [-0.25, -0.2) is 4.68 Å². The highest BCUT2D eigenvalue weighted by Crippen LogP contribution is 2.23. The zero-order valence-corrected chi connectivity index (χ0v) is 12.3. The van der Waals surface area contributed by atoms with E-state index in [2.05, 4.69) is 5.10 Å². The Hall–Kier alpha value is -1.85. The van der Waals surface area contributed by atoms with E-state index in [1.807, 2.05) is 18.2 Å². The topological polar surface area (TPSA) is 64.2 Å². The highest BCUT2D eigenvalue weighted by Gasteiger charge is 2.14. The van der Waals surface area contributed by atoms with Gasteiger partial charge in [-0.3, -0.25) is 4.79 Å². The quantitative estimate of drug-likeness (QED) is 0.933. The molecule has 0 unspecified atom stereocenters. The third-order valence-electron chi connectivity index (χ3n) is 2.95. The number of hydrogen-bond donors (Lipinski definition) is 1. The SMILES string of the molecule is CN(C)C(=O)c1ccn(-c2cccc(Cl)c2CCN)n1. The fraction of sp³-hybridized carbons (Fsp3) is 0.286. The van der Waals surface area contributed by atoms with Gasteiger partial charge in [0.25, 0.3) is 5.91 Å². The van der Waals surface area contributed by atoms with Crippen LogP contribution in [0.2, 0.25) is 5.02 Å². The Kier molecular flexibility index (Phi) is 4.42. The molecule has 0 bridgehead atoms. The monoisotopic (exact) mass is 292 g/mol. The van der Waals surface area contributed by atoms with Crippen LogP contribution in [-0.2, 0) is 6.42 Å². The molecule has 0 aliphatic carbocycles. The van der Waals surface area contributed by atoms with Crippen LogP contribution in [0.4, 0.5) is 0 Å². The summed E-state index contributed by atoms with van der Waals surface area (Å²) in [6, 6.07) is 7.28. The van der Waals surface area contributed by atoms with E-state index in [-0.39, 0.29) is 5.91 Å². The highest BCUT2D eigenvalue weighted by atomic mass is 35.5. The molecule has 2 aromatic rings. The molecule has 2 rings (SSSR count). The summed E-state index contributed by atoms with van der Waals surface area (Å²) >= 11 is 6.21. The molecular formula is C14H17ClN4O. The number of aromatic nitrogens is 2. The Bertz CT molecular complexity index is 621. The lowest BCUT2D eigenvalue weighted by Crippen LogP contribution is -2.22. The van der Waals surface area contributed by atoms with Crippen LogP contribution in [0.25, 0.3) is 5.69 Å². The van der Waals surface area contributed by atoms with E-state index < -0.39 is 0 Å². The largest absolute Gasteiger partial charge is 0.343 e. The van der Waals surface area contributed by atoms with Crippen molar-refractivity contribution in [2.24, 2.45) is 5.73 Å². The lowest BCUT2D eigenvalue weighted by molar-refractivity contribution is 0.0821. The highest BCUT2D eigenvalue weighted by molar-refractivity contribution is 6.31. The predicted molar refractivity (Wildman–Crippen MR) is 79.3 cm³/mol. The predicted octanol–water partition coefficient (Wildman–Crippen LogP) is 1.73. The van der Waals surface area contributed by atoms with Gasteiger partial charge in [0, 0.05) is 25.3 Å². The number of halogens is 1. The molecule has 6 heteroatoms. The molecular weight excluding hydrogens is 276 g/mol. The average Bonchev–Trinajstić information content (AvgIpc) is 2.89. The van der Waals surface area contributed by atoms with E-state index >= 15 is 0 Å². The summed E-state index contributed by atoms with van der Waals surface area (Å²) in [5.74, 6) is -0.133. The molecule has 0 aliphatic rings. The molecule has 0 saturated heterocycles. The maximum atomic E-state index is 11.9. The molecule has 1 heterocycles. The zero-order valence-electron chi connectivity index (χ0n) is 11.5. The van der Waals surface area contributed by atoms with Crippen LogP contribution < -0.4 is 5.73 Å². The Morgan fingerprint density at radius 3 is 2.80 bits per heavy atom. The Labute approximate surface area is 122 Å². The number of amides is 1. The number of benzene rings is 1. The fourth-order valence-electron chi connectivity index (χ4n) is 1.96. The van der Waals surface area contributed by atoms with Crippen molar-refractivity contribution in [3.63, 3.8) is 0 Å². The van der Waals surface area contributed by atoms with Gasteiger partial charge in [-0.2, -0.15) is 5.10 Å². The zero-order chi connectivity index (χ0) is 14.7. The second kappa shape index (κ2) is 6.07. The Morgan fingerprint density at radius 1 is 1.40 bits per heavy atom. The Morgan fingerprint density at radius 2 is 2.15 bits per heavy atom. The molecule has 0 aliphatic heterocycles. The van der Waals surface area contributed by atoms with Crippen LogP contribution in [0.15, 0.2) is 30.5 Å². The van der Waals surface area contributed by atoms with Crippen molar-refractivity contribution in [3.05, 3.63) is 46.7 Å². The van der Waals surface area contributed by atoms with Crippen LogP contribution in [0.1, 0.15) is 16.1 Å². The molecule has 1 aromatic carbocycles. The van der Waals surface area contributed by atoms with Crippen molar-refractivity contribution < 1.29 is 4.79 Å². The van der Waals surface area contributed by atoms with Crippen LogP contribution in [-0.4, -0.2) is 41.2 Å². The van der Waals surface area contributed by atoms with E-state index in [0.29, 0.717) is 23.7 Å². The van der Waals surface area contributed by atoms with E-state index in [4.69, 9.17) is 17.3 Å². The van der Waals surface area contributed by atoms with Gasteiger partial charge in [-0.1, -0.05) is 17.7 Å². The number of carbonyl (C=O) groups excluding carboxylic acids is 1. The average molecular weight is 293 g/mol. The smallest absolute Gasteiger partial charge is 0.273 e. The molecule has 0 atom stereocenters. The first-order valence-corrected chi connectivity index (χ1v) is 6.67. The van der Waals surface area contributed by atoms with Crippen LogP contribution in [0.5, 0.6) is 0 Å². The number of nitrogens with two attached hydrogens (primary N) is 1. The van der Waals surface area contributed by atoms with Crippen molar-refractivity contribution in [1.29, 1.82) is 0 Å². The van der Waals surface area contributed by atoms with Crippen LogP contribution in [0, 0.1) is 0 Å². The van der Waals surface area contributed by atoms with E-state index in [0.717, 1.165) is 11.3 Å². The lowest BCUT2D eigenvalue weighted by Gasteiger charge is -2.11. The molecule has 1 aromatic heterocycles. The van der Waals surface area contributed by atoms with Gasteiger partial charge in [-0.15, -0.1) is 0 Å². The summed E-state index contributed by atoms with van der Waals surface area (Å²) in [5.41, 5.74) is 7.80. The molecule has 106 valence electrons. The van der Waals surface area contributed by atoms with Gasteiger partial charge >= 0.3 is 0 Å². The Balaban J connectivity index is 2.42. The first-order valence-electron chi connectivity index (χ1n) is 6.29. The first-order chi connectivity index (χ1) is 9.54. The van der Waals surface area contributed by atoms with Gasteiger partial charge in [-0.05, 0) is 36.7 Å². The second-order valence-corrected chi connectivity index (χ2v) is 5.03. The minimum Gasteiger partial charge on any atom is -0.343 e. The molecule has 2 N–H and O–H groups in total. The maximum absolute atomic E-state index is 11.9. The van der Waals surface area contributed by atoms with Gasteiger partial charge in [0.1, 0.15) is 0 Å². The third kappa shape index (κ3) is 2.84. The van der Waals surface area contributed by atoms with Gasteiger partial charge in [0.05, 0.1) is 5.69 Å². The lowest BCUT2D eigenvalue weighted by atomic mass is 10.1. The van der Waals surface area contributed by atoms with Crippen molar-refractivity contribution >= 4 is 17.5 Å². The number of nitrogens with zero attached hydrogens (tertiary/aromatic N) is 3. The van der Waals surface area contributed by atoms with Crippen molar-refractivity contribution in [2.75, 3.05) is 20.6 Å². The summed E-state index contributed by atoms with van der Waals surface area (Å²) in [7, 11) is 3.39. The number of hydrogen-bond acceptors (Lipinski definition) is 3. The van der Waals surface area contributed by atoms with Crippen LogP contribution in [0.3, 0.4) is 0 Å².